The first-order valence-corrected chi connectivity index (χ1v) is 19.2. The second kappa shape index (κ2) is 18.2. The SMILES string of the molecule is C.Cc1c(C)c2c(c(C)c1OC(=O)CCCC[C@@H]1CCSS1)CC[C@@](C)(CC[C@H](C)CCC[C@H](C)CCCC(C)C)O2. The van der Waals surface area contributed by atoms with Crippen LogP contribution in [0.15, 0.2) is 0 Å². The van der Waals surface area contributed by atoms with E-state index >= 15 is 0 Å². The lowest BCUT2D eigenvalue weighted by molar-refractivity contribution is -0.134. The van der Waals surface area contributed by atoms with Gasteiger partial charge >= 0.3 is 5.97 Å². The molecule has 0 aliphatic carbocycles. The van der Waals surface area contributed by atoms with E-state index in [4.69, 9.17) is 9.47 Å². The molecule has 0 N–H and O–H groups in total. The van der Waals surface area contributed by atoms with Gasteiger partial charge in [0.1, 0.15) is 17.1 Å². The number of ether oxygens (including phenoxy) is 2. The number of carbonyl (C=O) groups is 1. The molecule has 3 rings (SSSR count). The normalized spacial score (nSPS) is 21.4. The van der Waals surface area contributed by atoms with E-state index in [0.29, 0.717) is 6.42 Å². The first kappa shape index (κ1) is 37.4. The van der Waals surface area contributed by atoms with Crippen molar-refractivity contribution in [1.82, 2.24) is 0 Å². The van der Waals surface area contributed by atoms with Crippen molar-refractivity contribution in [3.63, 3.8) is 0 Å². The molecule has 0 amide bonds. The van der Waals surface area contributed by atoms with E-state index in [-0.39, 0.29) is 19.0 Å². The summed E-state index contributed by atoms with van der Waals surface area (Å²) in [5.74, 6) is 5.42. The molecule has 1 saturated heterocycles. The van der Waals surface area contributed by atoms with Gasteiger partial charge in [-0.2, -0.15) is 0 Å². The molecule has 1 fully saturated rings. The highest BCUT2D eigenvalue weighted by molar-refractivity contribution is 8.77. The molecule has 1 aromatic rings. The van der Waals surface area contributed by atoms with Crippen molar-refractivity contribution in [1.29, 1.82) is 0 Å². The predicted molar refractivity (Wildman–Crippen MR) is 187 cm³/mol. The first-order chi connectivity index (χ1) is 19.5. The molecular weight excluding hydrogens is 557 g/mol. The van der Waals surface area contributed by atoms with Crippen molar-refractivity contribution in [3.05, 3.63) is 22.3 Å². The summed E-state index contributed by atoms with van der Waals surface area (Å²) in [6, 6.07) is 0. The molecule has 1 aromatic carbocycles. The van der Waals surface area contributed by atoms with Crippen molar-refractivity contribution >= 4 is 27.6 Å². The Morgan fingerprint density at radius 3 is 2.24 bits per heavy atom. The van der Waals surface area contributed by atoms with E-state index < -0.39 is 0 Å². The van der Waals surface area contributed by atoms with Crippen molar-refractivity contribution < 1.29 is 14.3 Å². The maximum Gasteiger partial charge on any atom is 0.311 e. The van der Waals surface area contributed by atoms with E-state index in [2.05, 4.69) is 55.4 Å². The van der Waals surface area contributed by atoms with E-state index in [9.17, 15) is 4.79 Å². The molecule has 4 atom stereocenters. The van der Waals surface area contributed by atoms with Crippen LogP contribution in [-0.4, -0.2) is 22.6 Å². The van der Waals surface area contributed by atoms with Crippen LogP contribution in [0.2, 0.25) is 0 Å². The van der Waals surface area contributed by atoms with Gasteiger partial charge in [-0.25, -0.2) is 0 Å². The monoisotopic (exact) mass is 620 g/mol. The highest BCUT2D eigenvalue weighted by Crippen LogP contribution is 2.45. The summed E-state index contributed by atoms with van der Waals surface area (Å²) in [5.41, 5.74) is 4.39. The Labute approximate surface area is 268 Å². The van der Waals surface area contributed by atoms with Crippen LogP contribution >= 0.6 is 21.6 Å². The number of hydrogen-bond acceptors (Lipinski definition) is 5. The molecule has 0 aromatic heterocycles. The van der Waals surface area contributed by atoms with Crippen molar-refractivity contribution in [2.24, 2.45) is 17.8 Å². The fourth-order valence-corrected chi connectivity index (χ4v) is 9.54. The van der Waals surface area contributed by atoms with Gasteiger partial charge in [0, 0.05) is 23.0 Å². The number of benzene rings is 1. The molecule has 0 spiro atoms. The first-order valence-electron chi connectivity index (χ1n) is 16.8. The number of unbranched alkanes of at least 4 members (excludes halogenated alkanes) is 1. The van der Waals surface area contributed by atoms with Crippen LogP contribution in [0.25, 0.3) is 0 Å². The summed E-state index contributed by atoms with van der Waals surface area (Å²) in [7, 11) is 4.01. The largest absolute Gasteiger partial charge is 0.487 e. The van der Waals surface area contributed by atoms with Gasteiger partial charge in [-0.15, -0.1) is 0 Å². The number of hydrogen-bond donors (Lipinski definition) is 0. The molecule has 0 unspecified atom stereocenters. The molecule has 2 heterocycles. The molecule has 2 aliphatic heterocycles. The molecule has 42 heavy (non-hydrogen) atoms. The maximum absolute atomic E-state index is 12.8. The van der Waals surface area contributed by atoms with Crippen LogP contribution in [-0.2, 0) is 11.2 Å². The Balaban J connectivity index is 0.00000616. The Morgan fingerprint density at radius 1 is 0.929 bits per heavy atom. The average Bonchev–Trinajstić information content (AvgIpc) is 3.45. The van der Waals surface area contributed by atoms with Gasteiger partial charge in [-0.05, 0) is 107 Å². The van der Waals surface area contributed by atoms with Gasteiger partial charge in [0.25, 0.3) is 0 Å². The Bertz CT molecular complexity index is 968. The van der Waals surface area contributed by atoms with Crippen molar-refractivity contribution in [2.75, 3.05) is 5.75 Å². The molecule has 2 aliphatic rings. The van der Waals surface area contributed by atoms with Gasteiger partial charge in [0.15, 0.2) is 0 Å². The van der Waals surface area contributed by atoms with E-state index in [0.717, 1.165) is 83.3 Å². The Kier molecular flexibility index (Phi) is 16.2. The second-order valence-corrected chi connectivity index (χ2v) is 16.9. The average molecular weight is 621 g/mol. The summed E-state index contributed by atoms with van der Waals surface area (Å²) >= 11 is 0. The highest BCUT2D eigenvalue weighted by Gasteiger charge is 2.35. The molecule has 3 nitrogen and oxygen atoms in total. The molecule has 0 bridgehead atoms. The minimum atomic E-state index is -0.122. The summed E-state index contributed by atoms with van der Waals surface area (Å²) in [6.45, 7) is 18.2. The fraction of sp³-hybridized carbons (Fsp3) is 0.811. The van der Waals surface area contributed by atoms with Crippen LogP contribution in [0.1, 0.15) is 154 Å². The lowest BCUT2D eigenvalue weighted by atomic mass is 9.83. The van der Waals surface area contributed by atoms with Gasteiger partial charge in [0.2, 0.25) is 0 Å². The van der Waals surface area contributed by atoms with Gasteiger partial charge in [-0.1, -0.05) is 102 Å². The topological polar surface area (TPSA) is 35.5 Å². The zero-order valence-electron chi connectivity index (χ0n) is 27.7. The molecule has 0 saturated carbocycles. The third kappa shape index (κ3) is 11.6. The van der Waals surface area contributed by atoms with Gasteiger partial charge < -0.3 is 9.47 Å². The van der Waals surface area contributed by atoms with Gasteiger partial charge in [-0.3, -0.25) is 4.79 Å². The lowest BCUT2D eigenvalue weighted by Gasteiger charge is -2.39. The second-order valence-electron chi connectivity index (χ2n) is 14.1. The minimum Gasteiger partial charge on any atom is -0.487 e. The summed E-state index contributed by atoms with van der Waals surface area (Å²) < 4.78 is 12.8. The molecular formula is C37H64O3S2. The standard InChI is InChI=1S/C36H60O3S2.CH4/c1-25(2)13-11-14-26(3)15-12-16-27(4)19-22-36(8)23-20-32-30(7)34(28(5)29(6)35(32)39-36)38-33(37)18-10-9-17-31-21-24-40-41-31;/h25-27,31H,9-24H2,1-8H3;1H4/t26-,27-,31-,36-;/m1./s1. The summed E-state index contributed by atoms with van der Waals surface area (Å²) in [6.07, 6.45) is 17.6. The lowest BCUT2D eigenvalue weighted by Crippen LogP contribution is -2.37. The smallest absolute Gasteiger partial charge is 0.311 e. The van der Waals surface area contributed by atoms with Crippen LogP contribution in [0.3, 0.4) is 0 Å². The molecule has 5 heteroatoms. The third-order valence-corrected chi connectivity index (χ3v) is 12.7. The van der Waals surface area contributed by atoms with Crippen LogP contribution in [0.4, 0.5) is 0 Å². The third-order valence-electron chi connectivity index (χ3n) is 9.70. The maximum atomic E-state index is 12.8. The van der Waals surface area contributed by atoms with Crippen molar-refractivity contribution in [2.45, 2.75) is 170 Å². The molecule has 242 valence electrons. The van der Waals surface area contributed by atoms with Crippen LogP contribution < -0.4 is 9.47 Å². The van der Waals surface area contributed by atoms with E-state index in [1.54, 1.807) is 0 Å². The van der Waals surface area contributed by atoms with Crippen LogP contribution in [0, 0.1) is 38.5 Å². The highest BCUT2D eigenvalue weighted by atomic mass is 33.1. The number of rotatable bonds is 17. The van der Waals surface area contributed by atoms with Crippen LogP contribution in [0.5, 0.6) is 11.5 Å². The predicted octanol–water partition coefficient (Wildman–Crippen LogP) is 12.0. The number of fused-ring (bicyclic) bond motifs is 1. The Morgan fingerprint density at radius 2 is 1.60 bits per heavy atom. The fourth-order valence-electron chi connectivity index (χ4n) is 6.51. The Hall–Kier alpha value is -0.810. The van der Waals surface area contributed by atoms with E-state index in [1.165, 1.54) is 69.1 Å². The molecule has 0 radical (unpaired) electrons. The van der Waals surface area contributed by atoms with Crippen molar-refractivity contribution in [3.8, 4) is 11.5 Å². The van der Waals surface area contributed by atoms with Gasteiger partial charge in [0.05, 0.1) is 0 Å². The van der Waals surface area contributed by atoms with E-state index in [1.807, 2.05) is 21.6 Å². The summed E-state index contributed by atoms with van der Waals surface area (Å²) in [5, 5.41) is 0.774. The zero-order valence-corrected chi connectivity index (χ0v) is 29.3. The number of esters is 1. The summed E-state index contributed by atoms with van der Waals surface area (Å²) in [4.78, 5) is 12.8. The quantitative estimate of drug-likeness (QED) is 0.0749. The zero-order chi connectivity index (χ0) is 30.0. The minimum absolute atomic E-state index is 0. The number of carbonyl (C=O) groups excluding carboxylic acids is 1.